The first-order valence-corrected chi connectivity index (χ1v) is 8.00. The van der Waals surface area contributed by atoms with Crippen molar-refractivity contribution in [2.75, 3.05) is 12.3 Å². The van der Waals surface area contributed by atoms with Crippen molar-refractivity contribution in [3.05, 3.63) is 65.5 Å². The molecule has 2 aromatic carbocycles. The molecule has 0 unspecified atom stereocenters. The van der Waals surface area contributed by atoms with Crippen LogP contribution in [0, 0.1) is 5.82 Å². The standard InChI is InChI=1S/C19H21FN2O.ClH/c20-16-3-1-2-14(12-16)10-11-22(18-8-9-18)19(23)13-15-4-6-17(21)7-5-15;/h1-7,12,18H,8-11,13,21H2;1H. The summed E-state index contributed by atoms with van der Waals surface area (Å²) >= 11 is 0. The number of hydrogen-bond donors (Lipinski definition) is 1. The summed E-state index contributed by atoms with van der Waals surface area (Å²) in [6, 6.07) is 14.4. The summed E-state index contributed by atoms with van der Waals surface area (Å²) in [7, 11) is 0. The lowest BCUT2D eigenvalue weighted by Gasteiger charge is -2.22. The van der Waals surface area contributed by atoms with Gasteiger partial charge in [0.15, 0.2) is 0 Å². The summed E-state index contributed by atoms with van der Waals surface area (Å²) < 4.78 is 13.3. The second kappa shape index (κ2) is 8.15. The van der Waals surface area contributed by atoms with Crippen molar-refractivity contribution >= 4 is 24.0 Å². The number of benzene rings is 2. The first-order chi connectivity index (χ1) is 11.1. The van der Waals surface area contributed by atoms with E-state index in [2.05, 4.69) is 0 Å². The minimum absolute atomic E-state index is 0. The SMILES string of the molecule is Cl.Nc1ccc(CC(=O)N(CCc2cccc(F)c2)C2CC2)cc1. The zero-order valence-corrected chi connectivity index (χ0v) is 14.3. The van der Waals surface area contributed by atoms with Gasteiger partial charge >= 0.3 is 0 Å². The minimum Gasteiger partial charge on any atom is -0.399 e. The first kappa shape index (κ1) is 18.3. The maximum Gasteiger partial charge on any atom is 0.227 e. The molecular weight excluding hydrogens is 327 g/mol. The summed E-state index contributed by atoms with van der Waals surface area (Å²) in [4.78, 5) is 14.5. The van der Waals surface area contributed by atoms with Gasteiger partial charge in [0.2, 0.25) is 5.91 Å². The number of carbonyl (C=O) groups is 1. The van der Waals surface area contributed by atoms with Crippen LogP contribution in [0.1, 0.15) is 24.0 Å². The van der Waals surface area contributed by atoms with E-state index in [1.54, 1.807) is 6.07 Å². The average Bonchev–Trinajstić information content (AvgIpc) is 3.35. The number of hydrogen-bond acceptors (Lipinski definition) is 2. The van der Waals surface area contributed by atoms with Gasteiger partial charge < -0.3 is 10.6 Å². The molecule has 0 atom stereocenters. The van der Waals surface area contributed by atoms with Gasteiger partial charge in [0, 0.05) is 18.3 Å². The Morgan fingerprint density at radius 3 is 2.46 bits per heavy atom. The molecule has 24 heavy (non-hydrogen) atoms. The third-order valence-electron chi connectivity index (χ3n) is 4.17. The fourth-order valence-electron chi connectivity index (χ4n) is 2.75. The van der Waals surface area contributed by atoms with E-state index < -0.39 is 0 Å². The molecular formula is C19H22ClFN2O. The minimum atomic E-state index is -0.228. The molecule has 0 bridgehead atoms. The normalized spacial score (nSPS) is 13.2. The maximum atomic E-state index is 13.3. The molecule has 2 aromatic rings. The Balaban J connectivity index is 0.00000208. The molecule has 1 saturated carbocycles. The molecule has 1 aliphatic carbocycles. The largest absolute Gasteiger partial charge is 0.399 e. The van der Waals surface area contributed by atoms with Gasteiger partial charge in [0.25, 0.3) is 0 Å². The van der Waals surface area contributed by atoms with Crippen molar-refractivity contribution < 1.29 is 9.18 Å². The van der Waals surface area contributed by atoms with Crippen LogP contribution < -0.4 is 5.73 Å². The average molecular weight is 349 g/mol. The Labute approximate surface area is 148 Å². The van der Waals surface area contributed by atoms with Crippen molar-refractivity contribution in [3.8, 4) is 0 Å². The van der Waals surface area contributed by atoms with Crippen molar-refractivity contribution in [1.82, 2.24) is 4.90 Å². The third kappa shape index (κ3) is 4.96. The molecule has 0 heterocycles. The van der Waals surface area contributed by atoms with Crippen LogP contribution >= 0.6 is 12.4 Å². The highest BCUT2D eigenvalue weighted by molar-refractivity contribution is 5.85. The molecule has 1 fully saturated rings. The quantitative estimate of drug-likeness (QED) is 0.811. The summed E-state index contributed by atoms with van der Waals surface area (Å²) in [6.07, 6.45) is 3.20. The monoisotopic (exact) mass is 348 g/mol. The van der Waals surface area contributed by atoms with Gasteiger partial charge in [-0.25, -0.2) is 4.39 Å². The molecule has 2 N–H and O–H groups in total. The van der Waals surface area contributed by atoms with Crippen LogP contribution in [-0.2, 0) is 17.6 Å². The van der Waals surface area contributed by atoms with Gasteiger partial charge in [-0.1, -0.05) is 24.3 Å². The number of nitrogen functional groups attached to an aromatic ring is 1. The van der Waals surface area contributed by atoms with Crippen LogP contribution in [0.3, 0.4) is 0 Å². The van der Waals surface area contributed by atoms with Gasteiger partial charge in [-0.2, -0.15) is 0 Å². The summed E-state index contributed by atoms with van der Waals surface area (Å²) in [5.41, 5.74) is 8.27. The number of rotatable bonds is 6. The smallest absolute Gasteiger partial charge is 0.227 e. The number of anilines is 1. The van der Waals surface area contributed by atoms with Crippen LogP contribution in [0.4, 0.5) is 10.1 Å². The van der Waals surface area contributed by atoms with Gasteiger partial charge in [-0.05, 0) is 54.7 Å². The second-order valence-corrected chi connectivity index (χ2v) is 6.12. The zero-order chi connectivity index (χ0) is 16.2. The topological polar surface area (TPSA) is 46.3 Å². The molecule has 1 aliphatic rings. The summed E-state index contributed by atoms with van der Waals surface area (Å²) in [5, 5.41) is 0. The van der Waals surface area contributed by atoms with Crippen molar-refractivity contribution in [2.24, 2.45) is 0 Å². The third-order valence-corrected chi connectivity index (χ3v) is 4.17. The van der Waals surface area contributed by atoms with Crippen molar-refractivity contribution in [2.45, 2.75) is 31.7 Å². The highest BCUT2D eigenvalue weighted by Crippen LogP contribution is 2.27. The van der Waals surface area contributed by atoms with Crippen LogP contribution in [0.5, 0.6) is 0 Å². The van der Waals surface area contributed by atoms with Crippen LogP contribution in [-0.4, -0.2) is 23.4 Å². The van der Waals surface area contributed by atoms with E-state index >= 15 is 0 Å². The fraction of sp³-hybridized carbons (Fsp3) is 0.316. The Morgan fingerprint density at radius 1 is 1.12 bits per heavy atom. The van der Waals surface area contributed by atoms with E-state index in [1.807, 2.05) is 35.2 Å². The van der Waals surface area contributed by atoms with E-state index in [9.17, 15) is 9.18 Å². The van der Waals surface area contributed by atoms with Crippen LogP contribution in [0.2, 0.25) is 0 Å². The molecule has 0 aliphatic heterocycles. The number of amides is 1. The Morgan fingerprint density at radius 2 is 1.83 bits per heavy atom. The second-order valence-electron chi connectivity index (χ2n) is 6.12. The molecule has 128 valence electrons. The molecule has 5 heteroatoms. The molecule has 3 nitrogen and oxygen atoms in total. The number of nitrogens with two attached hydrogens (primary N) is 1. The fourth-order valence-corrected chi connectivity index (χ4v) is 2.75. The first-order valence-electron chi connectivity index (χ1n) is 8.00. The molecule has 0 aromatic heterocycles. The van der Waals surface area contributed by atoms with Crippen LogP contribution in [0.25, 0.3) is 0 Å². The molecule has 1 amide bonds. The van der Waals surface area contributed by atoms with Crippen LogP contribution in [0.15, 0.2) is 48.5 Å². The Bertz CT molecular complexity index is 686. The Kier molecular flexibility index (Phi) is 6.21. The highest BCUT2D eigenvalue weighted by atomic mass is 35.5. The number of halogens is 2. The molecule has 3 rings (SSSR count). The van der Waals surface area contributed by atoms with Gasteiger partial charge in [0.1, 0.15) is 5.82 Å². The Hall–Kier alpha value is -2.07. The zero-order valence-electron chi connectivity index (χ0n) is 13.5. The van der Waals surface area contributed by atoms with E-state index in [0.29, 0.717) is 31.1 Å². The van der Waals surface area contributed by atoms with Gasteiger partial charge in [0.05, 0.1) is 6.42 Å². The molecule has 0 spiro atoms. The maximum absolute atomic E-state index is 13.3. The predicted octanol–water partition coefficient (Wildman–Crippen LogP) is 3.61. The lowest BCUT2D eigenvalue weighted by molar-refractivity contribution is -0.131. The van der Waals surface area contributed by atoms with E-state index in [0.717, 1.165) is 24.0 Å². The molecule has 0 saturated heterocycles. The number of nitrogens with zero attached hydrogens (tertiary/aromatic N) is 1. The van der Waals surface area contributed by atoms with E-state index in [1.165, 1.54) is 12.1 Å². The number of carbonyl (C=O) groups excluding carboxylic acids is 1. The van der Waals surface area contributed by atoms with Crippen molar-refractivity contribution in [3.63, 3.8) is 0 Å². The lowest BCUT2D eigenvalue weighted by Crippen LogP contribution is -2.36. The van der Waals surface area contributed by atoms with Crippen molar-refractivity contribution in [1.29, 1.82) is 0 Å². The van der Waals surface area contributed by atoms with E-state index in [-0.39, 0.29) is 24.1 Å². The predicted molar refractivity (Wildman–Crippen MR) is 96.6 cm³/mol. The lowest BCUT2D eigenvalue weighted by atomic mass is 10.1. The van der Waals surface area contributed by atoms with E-state index in [4.69, 9.17) is 5.73 Å². The van der Waals surface area contributed by atoms with Gasteiger partial charge in [-0.15, -0.1) is 12.4 Å². The molecule has 0 radical (unpaired) electrons. The summed E-state index contributed by atoms with van der Waals surface area (Å²) in [6.45, 7) is 0.641. The summed E-state index contributed by atoms with van der Waals surface area (Å²) in [5.74, 6) is -0.0950. The highest BCUT2D eigenvalue weighted by Gasteiger charge is 2.32. The van der Waals surface area contributed by atoms with Gasteiger partial charge in [-0.3, -0.25) is 4.79 Å².